The molecule has 26 heavy (non-hydrogen) atoms. The minimum Gasteiger partial charge on any atom is -0.454 e. The number of benzene rings is 1. The Kier molecular flexibility index (Phi) is 4.51. The third-order valence-corrected chi connectivity index (χ3v) is 5.55. The van der Waals surface area contributed by atoms with E-state index in [2.05, 4.69) is 13.8 Å². The predicted octanol–water partition coefficient (Wildman–Crippen LogP) is 2.52. The Bertz CT molecular complexity index is 714. The van der Waals surface area contributed by atoms with Crippen LogP contribution < -0.4 is 9.47 Å². The third kappa shape index (κ3) is 3.37. The van der Waals surface area contributed by atoms with Gasteiger partial charge in [0, 0.05) is 31.6 Å². The highest BCUT2D eigenvalue weighted by molar-refractivity contribution is 5.95. The smallest absolute Gasteiger partial charge is 0.254 e. The van der Waals surface area contributed by atoms with Gasteiger partial charge in [-0.3, -0.25) is 9.59 Å². The number of hydrogen-bond donors (Lipinski definition) is 0. The summed E-state index contributed by atoms with van der Waals surface area (Å²) in [6.07, 6.45) is 2.83. The van der Waals surface area contributed by atoms with Crippen LogP contribution in [0.4, 0.5) is 0 Å². The molecule has 1 saturated carbocycles. The normalized spacial score (nSPS) is 22.7. The average molecular weight is 358 g/mol. The van der Waals surface area contributed by atoms with Crippen LogP contribution in [0.1, 0.15) is 43.5 Å². The lowest BCUT2D eigenvalue weighted by Gasteiger charge is -2.34. The lowest BCUT2D eigenvalue weighted by molar-refractivity contribution is -0.133. The summed E-state index contributed by atoms with van der Waals surface area (Å²) in [5, 5.41) is 0. The fourth-order valence-corrected chi connectivity index (χ4v) is 3.76. The summed E-state index contributed by atoms with van der Waals surface area (Å²) in [5.74, 6) is 2.37. The van der Waals surface area contributed by atoms with Crippen LogP contribution in [0.25, 0.3) is 0 Å². The molecule has 6 heteroatoms. The Labute approximate surface area is 154 Å². The van der Waals surface area contributed by atoms with Gasteiger partial charge in [-0.1, -0.05) is 13.8 Å². The molecule has 1 aromatic rings. The first-order valence-corrected chi connectivity index (χ1v) is 9.51. The van der Waals surface area contributed by atoms with Gasteiger partial charge in [0.1, 0.15) is 0 Å². The number of nitrogens with zero attached hydrogens (tertiary/aromatic N) is 2. The molecule has 4 rings (SSSR count). The van der Waals surface area contributed by atoms with Gasteiger partial charge in [-0.25, -0.2) is 0 Å². The molecule has 0 radical (unpaired) electrons. The number of fused-ring (bicyclic) bond motifs is 1. The minimum atomic E-state index is -0.0463. The van der Waals surface area contributed by atoms with E-state index in [-0.39, 0.29) is 24.6 Å². The highest BCUT2D eigenvalue weighted by Crippen LogP contribution is 2.34. The van der Waals surface area contributed by atoms with Crippen LogP contribution in [-0.4, -0.2) is 54.1 Å². The number of carbonyl (C=O) groups excluding carboxylic acids is 2. The van der Waals surface area contributed by atoms with Gasteiger partial charge in [-0.05, 0) is 42.9 Å². The van der Waals surface area contributed by atoms with Crippen LogP contribution in [0.5, 0.6) is 11.5 Å². The first-order chi connectivity index (χ1) is 12.5. The Morgan fingerprint density at radius 2 is 2.00 bits per heavy atom. The molecule has 2 amide bonds. The van der Waals surface area contributed by atoms with E-state index in [4.69, 9.17) is 9.47 Å². The van der Waals surface area contributed by atoms with E-state index in [9.17, 15) is 9.59 Å². The van der Waals surface area contributed by atoms with Gasteiger partial charge < -0.3 is 19.3 Å². The van der Waals surface area contributed by atoms with E-state index in [0.29, 0.717) is 48.4 Å². The summed E-state index contributed by atoms with van der Waals surface area (Å²) < 4.78 is 10.7. The first kappa shape index (κ1) is 17.2. The van der Waals surface area contributed by atoms with E-state index in [0.717, 1.165) is 6.54 Å². The van der Waals surface area contributed by atoms with E-state index in [1.54, 1.807) is 18.2 Å². The molecular formula is C20H26N2O4. The number of carbonyl (C=O) groups is 2. The second-order valence-corrected chi connectivity index (χ2v) is 7.87. The minimum absolute atomic E-state index is 0.0463. The second-order valence-electron chi connectivity index (χ2n) is 7.87. The molecule has 1 saturated heterocycles. The van der Waals surface area contributed by atoms with Gasteiger partial charge in [-0.2, -0.15) is 0 Å². The summed E-state index contributed by atoms with van der Waals surface area (Å²) in [6.45, 7) is 6.35. The standard InChI is InChI=1S/C20H26N2O4/c1-13(2)16-11-21(8-7-19(23)22(16)10-14-3-4-14)20(24)15-5-6-17-18(9-15)26-12-25-17/h5-6,9,13-14,16H,3-4,7-8,10-12H2,1-2H3/t16-/m1/s1. The van der Waals surface area contributed by atoms with Crippen LogP contribution in [0.3, 0.4) is 0 Å². The van der Waals surface area contributed by atoms with Crippen LogP contribution in [0, 0.1) is 11.8 Å². The first-order valence-electron chi connectivity index (χ1n) is 9.51. The van der Waals surface area contributed by atoms with Gasteiger partial charge >= 0.3 is 0 Å². The zero-order valence-electron chi connectivity index (χ0n) is 15.4. The summed E-state index contributed by atoms with van der Waals surface area (Å²) >= 11 is 0. The van der Waals surface area contributed by atoms with Crippen molar-refractivity contribution in [2.75, 3.05) is 26.4 Å². The predicted molar refractivity (Wildman–Crippen MR) is 96.1 cm³/mol. The molecule has 0 unspecified atom stereocenters. The Morgan fingerprint density at radius 3 is 2.73 bits per heavy atom. The fourth-order valence-electron chi connectivity index (χ4n) is 3.76. The van der Waals surface area contributed by atoms with Crippen molar-refractivity contribution in [2.24, 2.45) is 11.8 Å². The van der Waals surface area contributed by atoms with Crippen LogP contribution in [0.2, 0.25) is 0 Å². The molecule has 0 bridgehead atoms. The van der Waals surface area contributed by atoms with Crippen molar-refractivity contribution in [3.8, 4) is 11.5 Å². The van der Waals surface area contributed by atoms with Gasteiger partial charge in [-0.15, -0.1) is 0 Å². The summed E-state index contributed by atoms with van der Waals surface area (Å²) in [5.41, 5.74) is 0.583. The number of rotatable bonds is 4. The van der Waals surface area contributed by atoms with Gasteiger partial charge in [0.2, 0.25) is 12.7 Å². The van der Waals surface area contributed by atoms with Gasteiger partial charge in [0.15, 0.2) is 11.5 Å². The third-order valence-electron chi connectivity index (χ3n) is 5.55. The Morgan fingerprint density at radius 1 is 1.23 bits per heavy atom. The Hall–Kier alpha value is -2.24. The van der Waals surface area contributed by atoms with E-state index in [1.165, 1.54) is 12.8 Å². The molecule has 2 aliphatic heterocycles. The molecule has 2 fully saturated rings. The van der Waals surface area contributed by atoms with Gasteiger partial charge in [0.25, 0.3) is 5.91 Å². The summed E-state index contributed by atoms with van der Waals surface area (Å²) in [7, 11) is 0. The molecule has 0 N–H and O–H groups in total. The van der Waals surface area contributed by atoms with Crippen molar-refractivity contribution in [3.63, 3.8) is 0 Å². The maximum Gasteiger partial charge on any atom is 0.254 e. The molecule has 2 heterocycles. The Balaban J connectivity index is 1.54. The number of amides is 2. The van der Waals surface area contributed by atoms with Crippen molar-refractivity contribution in [3.05, 3.63) is 23.8 Å². The maximum atomic E-state index is 13.1. The molecular weight excluding hydrogens is 332 g/mol. The van der Waals surface area contributed by atoms with Crippen molar-refractivity contribution >= 4 is 11.8 Å². The monoisotopic (exact) mass is 358 g/mol. The molecule has 3 aliphatic rings. The van der Waals surface area contributed by atoms with Crippen molar-refractivity contribution < 1.29 is 19.1 Å². The lowest BCUT2D eigenvalue weighted by Crippen LogP contribution is -2.48. The molecule has 140 valence electrons. The average Bonchev–Trinajstić information content (AvgIpc) is 3.35. The molecule has 1 aliphatic carbocycles. The van der Waals surface area contributed by atoms with E-state index in [1.807, 2.05) is 9.80 Å². The molecule has 1 atom stereocenters. The quantitative estimate of drug-likeness (QED) is 0.830. The van der Waals surface area contributed by atoms with Crippen molar-refractivity contribution in [1.82, 2.24) is 9.80 Å². The second kappa shape index (κ2) is 6.82. The largest absolute Gasteiger partial charge is 0.454 e. The topological polar surface area (TPSA) is 59.1 Å². The van der Waals surface area contributed by atoms with Crippen LogP contribution in [0.15, 0.2) is 18.2 Å². The van der Waals surface area contributed by atoms with Crippen molar-refractivity contribution in [2.45, 2.75) is 39.2 Å². The zero-order chi connectivity index (χ0) is 18.3. The fraction of sp³-hybridized carbons (Fsp3) is 0.600. The van der Waals surface area contributed by atoms with Gasteiger partial charge in [0.05, 0.1) is 6.04 Å². The summed E-state index contributed by atoms with van der Waals surface area (Å²) in [6, 6.07) is 5.36. The molecule has 0 spiro atoms. The highest BCUT2D eigenvalue weighted by Gasteiger charge is 2.36. The van der Waals surface area contributed by atoms with Crippen LogP contribution >= 0.6 is 0 Å². The van der Waals surface area contributed by atoms with E-state index >= 15 is 0 Å². The van der Waals surface area contributed by atoms with Crippen molar-refractivity contribution in [1.29, 1.82) is 0 Å². The molecule has 0 aromatic heterocycles. The molecule has 6 nitrogen and oxygen atoms in total. The number of ether oxygens (including phenoxy) is 2. The number of hydrogen-bond acceptors (Lipinski definition) is 4. The van der Waals surface area contributed by atoms with E-state index < -0.39 is 0 Å². The highest BCUT2D eigenvalue weighted by atomic mass is 16.7. The summed E-state index contributed by atoms with van der Waals surface area (Å²) in [4.78, 5) is 29.6. The van der Waals surface area contributed by atoms with Crippen LogP contribution in [-0.2, 0) is 4.79 Å². The SMILES string of the molecule is CC(C)[C@H]1CN(C(=O)c2ccc3c(c2)OCO3)CCC(=O)N1CC1CC1. The lowest BCUT2D eigenvalue weighted by atomic mass is 10.0. The zero-order valence-corrected chi connectivity index (χ0v) is 15.4. The maximum absolute atomic E-state index is 13.1. The molecule has 1 aromatic carbocycles.